The van der Waals surface area contributed by atoms with E-state index in [1.165, 1.54) is 0 Å². The molecule has 2 heterocycles. The van der Waals surface area contributed by atoms with Crippen molar-refractivity contribution in [2.24, 2.45) is 0 Å². The highest BCUT2D eigenvalue weighted by atomic mass is 16.1. The summed E-state index contributed by atoms with van der Waals surface area (Å²) in [5.74, 6) is -0.161. The Hall–Kier alpha value is -2.95. The summed E-state index contributed by atoms with van der Waals surface area (Å²) in [6.07, 6.45) is 4.29. The third-order valence-electron chi connectivity index (χ3n) is 3.44. The van der Waals surface area contributed by atoms with Crippen LogP contribution in [0.4, 0.5) is 11.4 Å². The van der Waals surface area contributed by atoms with Crippen molar-refractivity contribution in [2.75, 3.05) is 11.9 Å². The minimum absolute atomic E-state index is 0.161. The third-order valence-corrected chi connectivity index (χ3v) is 3.44. The molecule has 0 radical (unpaired) electrons. The quantitative estimate of drug-likeness (QED) is 0.757. The second-order valence-electron chi connectivity index (χ2n) is 5.19. The summed E-state index contributed by atoms with van der Waals surface area (Å²) in [4.78, 5) is 20.6. The Kier molecular flexibility index (Phi) is 4.47. The van der Waals surface area contributed by atoms with Crippen LogP contribution in [-0.2, 0) is 0 Å². The van der Waals surface area contributed by atoms with Crippen molar-refractivity contribution >= 4 is 28.2 Å². The summed E-state index contributed by atoms with van der Waals surface area (Å²) in [6, 6.07) is 13.5. The fourth-order valence-electron chi connectivity index (χ4n) is 2.32. The van der Waals surface area contributed by atoms with Crippen LogP contribution in [0.1, 0.15) is 23.8 Å². The molecule has 0 atom stereocenters. The lowest BCUT2D eigenvalue weighted by Crippen LogP contribution is -2.24. The van der Waals surface area contributed by atoms with Gasteiger partial charge in [0.05, 0.1) is 11.2 Å². The van der Waals surface area contributed by atoms with Crippen LogP contribution in [0.3, 0.4) is 0 Å². The van der Waals surface area contributed by atoms with E-state index in [1.807, 2.05) is 43.3 Å². The lowest BCUT2D eigenvalue weighted by Gasteiger charge is -2.10. The minimum atomic E-state index is -0.161. The van der Waals surface area contributed by atoms with E-state index >= 15 is 0 Å². The zero-order valence-electron chi connectivity index (χ0n) is 12.9. The SMILES string of the molecule is CCCNC(=O)c1cc(Nc2cccc3cccnc23)ccn1. The first-order valence-electron chi connectivity index (χ1n) is 7.63. The first kappa shape index (κ1) is 15.0. The van der Waals surface area contributed by atoms with Gasteiger partial charge in [0.15, 0.2) is 0 Å². The third kappa shape index (κ3) is 3.45. The fraction of sp³-hybridized carbons (Fsp3) is 0.167. The maximum absolute atomic E-state index is 12.0. The van der Waals surface area contributed by atoms with Crippen LogP contribution in [0, 0.1) is 0 Å². The number of hydrogen-bond acceptors (Lipinski definition) is 4. The first-order valence-corrected chi connectivity index (χ1v) is 7.63. The molecule has 0 fully saturated rings. The highest BCUT2D eigenvalue weighted by Crippen LogP contribution is 2.24. The standard InChI is InChI=1S/C18H18N4O/c1-2-9-21-18(23)16-12-14(8-11-19-16)22-15-7-3-5-13-6-4-10-20-17(13)15/h3-8,10-12H,2,9H2,1H3,(H,19,22)(H,21,23). The molecule has 3 aromatic rings. The summed E-state index contributed by atoms with van der Waals surface area (Å²) in [5, 5.41) is 7.21. The van der Waals surface area contributed by atoms with Crippen LogP contribution in [0.25, 0.3) is 10.9 Å². The molecule has 1 amide bonds. The zero-order valence-corrected chi connectivity index (χ0v) is 12.9. The number of nitrogens with zero attached hydrogens (tertiary/aromatic N) is 2. The van der Waals surface area contributed by atoms with Gasteiger partial charge in [0.25, 0.3) is 5.91 Å². The number of aromatic nitrogens is 2. The zero-order chi connectivity index (χ0) is 16.1. The molecule has 2 N–H and O–H groups in total. The highest BCUT2D eigenvalue weighted by Gasteiger charge is 2.08. The second kappa shape index (κ2) is 6.87. The Morgan fingerprint density at radius 3 is 2.83 bits per heavy atom. The predicted octanol–water partition coefficient (Wildman–Crippen LogP) is 3.51. The second-order valence-corrected chi connectivity index (χ2v) is 5.19. The van der Waals surface area contributed by atoms with Gasteiger partial charge in [0, 0.05) is 30.0 Å². The average molecular weight is 306 g/mol. The van der Waals surface area contributed by atoms with Gasteiger partial charge in [-0.3, -0.25) is 14.8 Å². The van der Waals surface area contributed by atoms with Crippen molar-refractivity contribution in [3.05, 3.63) is 60.6 Å². The number of hydrogen-bond donors (Lipinski definition) is 2. The van der Waals surface area contributed by atoms with Gasteiger partial charge >= 0.3 is 0 Å². The number of nitrogens with one attached hydrogen (secondary N) is 2. The molecule has 116 valence electrons. The normalized spacial score (nSPS) is 10.5. The molecule has 5 nitrogen and oxygen atoms in total. The number of para-hydroxylation sites is 1. The minimum Gasteiger partial charge on any atom is -0.354 e. The molecule has 23 heavy (non-hydrogen) atoms. The van der Waals surface area contributed by atoms with Crippen molar-refractivity contribution in [3.63, 3.8) is 0 Å². The van der Waals surface area contributed by atoms with Gasteiger partial charge in [0.1, 0.15) is 5.69 Å². The van der Waals surface area contributed by atoms with E-state index in [2.05, 4.69) is 20.6 Å². The van der Waals surface area contributed by atoms with Crippen molar-refractivity contribution in [1.29, 1.82) is 0 Å². The van der Waals surface area contributed by atoms with Crippen LogP contribution < -0.4 is 10.6 Å². The summed E-state index contributed by atoms with van der Waals surface area (Å²) < 4.78 is 0. The monoisotopic (exact) mass is 306 g/mol. The molecule has 0 unspecified atom stereocenters. The summed E-state index contributed by atoms with van der Waals surface area (Å²) in [5.41, 5.74) is 2.99. The number of fused-ring (bicyclic) bond motifs is 1. The van der Waals surface area contributed by atoms with E-state index in [1.54, 1.807) is 18.5 Å². The molecule has 1 aromatic carbocycles. The van der Waals surface area contributed by atoms with Crippen molar-refractivity contribution < 1.29 is 4.79 Å². The Morgan fingerprint density at radius 1 is 1.09 bits per heavy atom. The van der Waals surface area contributed by atoms with Gasteiger partial charge in [-0.25, -0.2) is 0 Å². The average Bonchev–Trinajstić information content (AvgIpc) is 2.60. The topological polar surface area (TPSA) is 66.9 Å². The number of amides is 1. The van der Waals surface area contributed by atoms with E-state index < -0.39 is 0 Å². The number of carbonyl (C=O) groups is 1. The van der Waals surface area contributed by atoms with Gasteiger partial charge in [0.2, 0.25) is 0 Å². The van der Waals surface area contributed by atoms with Crippen molar-refractivity contribution in [3.8, 4) is 0 Å². The lowest BCUT2D eigenvalue weighted by atomic mass is 10.2. The largest absolute Gasteiger partial charge is 0.354 e. The molecule has 0 aliphatic rings. The van der Waals surface area contributed by atoms with Crippen molar-refractivity contribution in [2.45, 2.75) is 13.3 Å². The molecular weight excluding hydrogens is 288 g/mol. The first-order chi connectivity index (χ1) is 11.3. The van der Waals surface area contributed by atoms with Gasteiger partial charge < -0.3 is 10.6 Å². The fourth-order valence-corrected chi connectivity index (χ4v) is 2.32. The Balaban J connectivity index is 1.86. The summed E-state index contributed by atoms with van der Waals surface area (Å²) in [7, 11) is 0. The van der Waals surface area contributed by atoms with E-state index in [4.69, 9.17) is 0 Å². The molecule has 0 saturated heterocycles. The number of rotatable bonds is 5. The number of benzene rings is 1. The Bertz CT molecular complexity index is 827. The van der Waals surface area contributed by atoms with Crippen LogP contribution >= 0.6 is 0 Å². The summed E-state index contributed by atoms with van der Waals surface area (Å²) >= 11 is 0. The highest BCUT2D eigenvalue weighted by molar-refractivity contribution is 5.94. The van der Waals surface area contributed by atoms with E-state index in [9.17, 15) is 4.79 Å². The molecule has 2 aromatic heterocycles. The molecule has 0 spiro atoms. The molecular formula is C18H18N4O. The Labute approximate surface area is 134 Å². The van der Waals surface area contributed by atoms with Crippen LogP contribution in [0.5, 0.6) is 0 Å². The number of anilines is 2. The number of carbonyl (C=O) groups excluding carboxylic acids is 1. The maximum Gasteiger partial charge on any atom is 0.269 e. The molecule has 5 heteroatoms. The van der Waals surface area contributed by atoms with Gasteiger partial charge in [-0.05, 0) is 30.7 Å². The van der Waals surface area contributed by atoms with Crippen LogP contribution in [0.15, 0.2) is 54.9 Å². The molecule has 0 saturated carbocycles. The van der Waals surface area contributed by atoms with Gasteiger partial charge in [-0.1, -0.05) is 25.1 Å². The van der Waals surface area contributed by atoms with Gasteiger partial charge in [-0.15, -0.1) is 0 Å². The van der Waals surface area contributed by atoms with Gasteiger partial charge in [-0.2, -0.15) is 0 Å². The lowest BCUT2D eigenvalue weighted by molar-refractivity contribution is 0.0949. The van der Waals surface area contributed by atoms with Crippen LogP contribution in [-0.4, -0.2) is 22.4 Å². The molecule has 0 aliphatic heterocycles. The number of pyridine rings is 2. The van der Waals surface area contributed by atoms with Crippen LogP contribution in [0.2, 0.25) is 0 Å². The predicted molar refractivity (Wildman–Crippen MR) is 91.9 cm³/mol. The van der Waals surface area contributed by atoms with E-state index in [-0.39, 0.29) is 5.91 Å². The maximum atomic E-state index is 12.0. The Morgan fingerprint density at radius 2 is 1.96 bits per heavy atom. The van der Waals surface area contributed by atoms with E-state index in [0.29, 0.717) is 12.2 Å². The molecule has 0 bridgehead atoms. The molecule has 3 rings (SSSR count). The smallest absolute Gasteiger partial charge is 0.269 e. The molecule has 0 aliphatic carbocycles. The van der Waals surface area contributed by atoms with E-state index in [0.717, 1.165) is 28.7 Å². The van der Waals surface area contributed by atoms with Crippen molar-refractivity contribution in [1.82, 2.24) is 15.3 Å². The summed E-state index contributed by atoms with van der Waals surface area (Å²) in [6.45, 7) is 2.66.